The minimum Gasteiger partial charge on any atom is -0.383 e. The zero-order chi connectivity index (χ0) is 20.7. The number of hydrogen-bond donors (Lipinski definition) is 1. The Morgan fingerprint density at radius 2 is 1.79 bits per heavy atom. The van der Waals surface area contributed by atoms with Crippen LogP contribution < -0.4 is 9.50 Å². The number of carbonyl (C=O) groups is 1. The van der Waals surface area contributed by atoms with Crippen LogP contribution in [0.2, 0.25) is 0 Å². The molecule has 0 spiro atoms. The Hall–Kier alpha value is -2.68. The van der Waals surface area contributed by atoms with Crippen molar-refractivity contribution in [1.29, 1.82) is 0 Å². The fourth-order valence-corrected chi connectivity index (χ4v) is 2.88. The van der Waals surface area contributed by atoms with Gasteiger partial charge in [0.25, 0.3) is 0 Å². The van der Waals surface area contributed by atoms with Crippen molar-refractivity contribution in [1.82, 2.24) is 4.90 Å². The highest BCUT2D eigenvalue weighted by Crippen LogP contribution is 2.17. The van der Waals surface area contributed by atoms with Gasteiger partial charge in [-0.2, -0.15) is 8.42 Å². The second kappa shape index (κ2) is 9.50. The van der Waals surface area contributed by atoms with Gasteiger partial charge in [0.05, 0.1) is 6.26 Å². The van der Waals surface area contributed by atoms with Crippen LogP contribution in [-0.2, 0) is 16.7 Å². The van der Waals surface area contributed by atoms with Crippen LogP contribution in [0.3, 0.4) is 0 Å². The molecule has 1 N–H and O–H groups in total. The lowest BCUT2D eigenvalue weighted by molar-refractivity contribution is 0.208. The molecule has 0 aliphatic rings. The van der Waals surface area contributed by atoms with E-state index in [0.717, 1.165) is 36.8 Å². The van der Waals surface area contributed by atoms with Crippen molar-refractivity contribution in [2.24, 2.45) is 0 Å². The summed E-state index contributed by atoms with van der Waals surface area (Å²) >= 11 is 0. The number of urea groups is 1. The van der Waals surface area contributed by atoms with E-state index in [1.54, 1.807) is 12.1 Å². The van der Waals surface area contributed by atoms with Gasteiger partial charge >= 0.3 is 16.1 Å². The Morgan fingerprint density at radius 3 is 2.36 bits per heavy atom. The van der Waals surface area contributed by atoms with Gasteiger partial charge in [-0.1, -0.05) is 25.5 Å². The SMILES string of the molecule is CCCCN(Cc1ccc(OS(C)(=O)=O)cc1)C(=O)Nc1ccc(F)c(F)c1. The van der Waals surface area contributed by atoms with Crippen molar-refractivity contribution in [3.05, 3.63) is 59.7 Å². The van der Waals surface area contributed by atoms with Crippen LogP contribution in [0.25, 0.3) is 0 Å². The number of unbranched alkanes of at least 4 members (excludes halogenated alkanes) is 1. The van der Waals surface area contributed by atoms with Gasteiger partial charge in [0.15, 0.2) is 11.6 Å². The summed E-state index contributed by atoms with van der Waals surface area (Å²) in [5.74, 6) is -1.85. The molecule has 0 atom stereocenters. The first-order valence-corrected chi connectivity index (χ1v) is 10.5. The van der Waals surface area contributed by atoms with E-state index in [1.165, 1.54) is 23.1 Å². The molecular formula is C19H22F2N2O4S. The Labute approximate surface area is 163 Å². The highest BCUT2D eigenvalue weighted by molar-refractivity contribution is 7.86. The third-order valence-electron chi connectivity index (χ3n) is 3.78. The van der Waals surface area contributed by atoms with Gasteiger partial charge in [0, 0.05) is 24.8 Å². The number of carbonyl (C=O) groups excluding carboxylic acids is 1. The summed E-state index contributed by atoms with van der Waals surface area (Å²) in [6.45, 7) is 2.71. The molecule has 0 heterocycles. The summed E-state index contributed by atoms with van der Waals surface area (Å²) in [4.78, 5) is 14.1. The van der Waals surface area contributed by atoms with E-state index in [1.807, 2.05) is 6.92 Å². The highest BCUT2D eigenvalue weighted by atomic mass is 32.2. The molecule has 6 nitrogen and oxygen atoms in total. The van der Waals surface area contributed by atoms with Crippen molar-refractivity contribution in [3.63, 3.8) is 0 Å². The molecule has 0 saturated heterocycles. The van der Waals surface area contributed by atoms with Gasteiger partial charge < -0.3 is 14.4 Å². The standard InChI is InChI=1S/C19H22F2N2O4S/c1-3-4-11-23(19(24)22-15-7-10-17(20)18(21)12-15)13-14-5-8-16(9-6-14)27-28(2,25)26/h5-10,12H,3-4,11,13H2,1-2H3,(H,22,24). The Morgan fingerprint density at radius 1 is 1.11 bits per heavy atom. The van der Waals surface area contributed by atoms with E-state index in [0.29, 0.717) is 6.54 Å². The summed E-state index contributed by atoms with van der Waals surface area (Å²) in [7, 11) is -3.61. The fourth-order valence-electron chi connectivity index (χ4n) is 2.42. The van der Waals surface area contributed by atoms with Crippen LogP contribution in [0.4, 0.5) is 19.3 Å². The molecule has 9 heteroatoms. The summed E-state index contributed by atoms with van der Waals surface area (Å²) < 4.78 is 53.5. The Bertz CT molecular complexity index is 918. The summed E-state index contributed by atoms with van der Waals surface area (Å²) in [5, 5.41) is 2.56. The Kier molecular flexibility index (Phi) is 7.33. The zero-order valence-electron chi connectivity index (χ0n) is 15.6. The van der Waals surface area contributed by atoms with Gasteiger partial charge in [-0.3, -0.25) is 0 Å². The van der Waals surface area contributed by atoms with Crippen LogP contribution in [0.1, 0.15) is 25.3 Å². The molecule has 2 rings (SSSR count). The molecule has 0 unspecified atom stereocenters. The molecule has 0 aliphatic heterocycles. The van der Waals surface area contributed by atoms with E-state index in [9.17, 15) is 22.0 Å². The van der Waals surface area contributed by atoms with Gasteiger partial charge in [0.1, 0.15) is 5.75 Å². The number of nitrogens with one attached hydrogen (secondary N) is 1. The molecule has 28 heavy (non-hydrogen) atoms. The van der Waals surface area contributed by atoms with Gasteiger partial charge in [-0.15, -0.1) is 0 Å². The number of halogens is 2. The fraction of sp³-hybridized carbons (Fsp3) is 0.316. The molecule has 152 valence electrons. The second-order valence-electron chi connectivity index (χ2n) is 6.27. The van der Waals surface area contributed by atoms with E-state index in [4.69, 9.17) is 4.18 Å². The highest BCUT2D eigenvalue weighted by Gasteiger charge is 2.15. The predicted octanol–water partition coefficient (Wildman–Crippen LogP) is 4.14. The van der Waals surface area contributed by atoms with Crippen LogP contribution >= 0.6 is 0 Å². The molecule has 2 aromatic rings. The maximum Gasteiger partial charge on any atom is 0.322 e. The number of benzene rings is 2. The van der Waals surface area contributed by atoms with Crippen LogP contribution in [0, 0.1) is 11.6 Å². The summed E-state index contributed by atoms with van der Waals surface area (Å²) in [6.07, 6.45) is 2.59. The molecule has 0 aromatic heterocycles. The van der Waals surface area contributed by atoms with Gasteiger partial charge in [-0.05, 0) is 36.2 Å². The number of amides is 2. The first-order chi connectivity index (χ1) is 13.2. The number of anilines is 1. The summed E-state index contributed by atoms with van der Waals surface area (Å²) in [6, 6.07) is 9.02. The normalized spacial score (nSPS) is 11.1. The van der Waals surface area contributed by atoms with E-state index < -0.39 is 27.8 Å². The van der Waals surface area contributed by atoms with Crippen molar-refractivity contribution < 1.29 is 26.2 Å². The monoisotopic (exact) mass is 412 g/mol. The van der Waals surface area contributed by atoms with Crippen molar-refractivity contribution in [2.45, 2.75) is 26.3 Å². The molecule has 0 saturated carbocycles. The van der Waals surface area contributed by atoms with Crippen LogP contribution in [0.5, 0.6) is 5.75 Å². The minimum atomic E-state index is -3.61. The molecular weight excluding hydrogens is 390 g/mol. The minimum absolute atomic E-state index is 0.155. The van der Waals surface area contributed by atoms with Crippen molar-refractivity contribution in [2.75, 3.05) is 18.1 Å². The van der Waals surface area contributed by atoms with Crippen molar-refractivity contribution >= 4 is 21.8 Å². The first-order valence-electron chi connectivity index (χ1n) is 8.67. The van der Waals surface area contributed by atoms with E-state index >= 15 is 0 Å². The average molecular weight is 412 g/mol. The van der Waals surface area contributed by atoms with E-state index in [2.05, 4.69) is 5.32 Å². The largest absolute Gasteiger partial charge is 0.383 e. The zero-order valence-corrected chi connectivity index (χ0v) is 16.4. The molecule has 0 radical (unpaired) electrons. The number of nitrogens with zero attached hydrogens (tertiary/aromatic N) is 1. The Balaban J connectivity index is 2.09. The third kappa shape index (κ3) is 6.80. The quantitative estimate of drug-likeness (QED) is 0.662. The third-order valence-corrected chi connectivity index (χ3v) is 4.28. The van der Waals surface area contributed by atoms with Crippen molar-refractivity contribution in [3.8, 4) is 5.75 Å². The smallest absolute Gasteiger partial charge is 0.322 e. The molecule has 0 aliphatic carbocycles. The topological polar surface area (TPSA) is 75.7 Å². The molecule has 2 amide bonds. The molecule has 0 fully saturated rings. The predicted molar refractivity (Wildman–Crippen MR) is 103 cm³/mol. The lowest BCUT2D eigenvalue weighted by atomic mass is 10.2. The lowest BCUT2D eigenvalue weighted by Crippen LogP contribution is -2.35. The lowest BCUT2D eigenvalue weighted by Gasteiger charge is -2.23. The van der Waals surface area contributed by atoms with E-state index in [-0.39, 0.29) is 18.0 Å². The molecule has 0 bridgehead atoms. The second-order valence-corrected chi connectivity index (χ2v) is 7.84. The van der Waals surface area contributed by atoms with Crippen LogP contribution in [0.15, 0.2) is 42.5 Å². The maximum atomic E-state index is 13.3. The molecule has 2 aromatic carbocycles. The summed E-state index contributed by atoms with van der Waals surface area (Å²) in [5.41, 5.74) is 0.916. The number of rotatable bonds is 8. The first kappa shape index (κ1) is 21.6. The van der Waals surface area contributed by atoms with Crippen LogP contribution in [-0.4, -0.2) is 32.1 Å². The number of hydrogen-bond acceptors (Lipinski definition) is 4. The van der Waals surface area contributed by atoms with Gasteiger partial charge in [-0.25, -0.2) is 13.6 Å². The average Bonchev–Trinajstić information content (AvgIpc) is 2.62. The maximum absolute atomic E-state index is 13.3. The van der Waals surface area contributed by atoms with Gasteiger partial charge in [0.2, 0.25) is 0 Å².